The van der Waals surface area contributed by atoms with E-state index >= 15 is 0 Å². The van der Waals surface area contributed by atoms with Gasteiger partial charge in [-0.2, -0.15) is 13.2 Å². The fraction of sp³-hybridized carbons (Fsp3) is 0.118. The molecule has 0 atom stereocenters. The van der Waals surface area contributed by atoms with Crippen LogP contribution in [0.3, 0.4) is 0 Å². The van der Waals surface area contributed by atoms with Crippen molar-refractivity contribution in [3.63, 3.8) is 0 Å². The number of rotatable bonds is 4. The number of carboxylic acid groups (broad SMARTS) is 1. The van der Waals surface area contributed by atoms with Crippen molar-refractivity contribution >= 4 is 23.6 Å². The van der Waals surface area contributed by atoms with Crippen LogP contribution in [0.5, 0.6) is 0 Å². The van der Waals surface area contributed by atoms with E-state index in [1.807, 2.05) is 5.32 Å². The largest absolute Gasteiger partial charge is 0.478 e. The first-order valence-electron chi connectivity index (χ1n) is 7.47. The lowest BCUT2D eigenvalue weighted by Crippen LogP contribution is -2.39. The van der Waals surface area contributed by atoms with Crippen LogP contribution in [0.1, 0.15) is 31.8 Å². The predicted octanol–water partition coefficient (Wildman–Crippen LogP) is 2.63. The lowest BCUT2D eigenvalue weighted by molar-refractivity contribution is -0.138. The summed E-state index contributed by atoms with van der Waals surface area (Å²) in [7, 11) is 0. The summed E-state index contributed by atoms with van der Waals surface area (Å²) in [4.78, 5) is 34.9. The van der Waals surface area contributed by atoms with Gasteiger partial charge in [0.25, 0.3) is 5.91 Å². The molecule has 0 saturated heterocycles. The molecule has 0 aliphatic heterocycles. The summed E-state index contributed by atoms with van der Waals surface area (Å²) in [6.45, 7) is -0.473. The Balaban J connectivity index is 2.07. The third kappa shape index (κ3) is 4.75. The number of benzene rings is 2. The van der Waals surface area contributed by atoms with Gasteiger partial charge in [-0.1, -0.05) is 24.3 Å². The van der Waals surface area contributed by atoms with E-state index in [0.717, 1.165) is 6.07 Å². The summed E-state index contributed by atoms with van der Waals surface area (Å²) in [5.41, 5.74) is 3.61. The van der Waals surface area contributed by atoms with E-state index in [4.69, 9.17) is 10.8 Å². The van der Waals surface area contributed by atoms with Crippen molar-refractivity contribution in [3.8, 4) is 0 Å². The molecule has 0 spiro atoms. The molecule has 2 aromatic rings. The second-order valence-electron chi connectivity index (χ2n) is 5.36. The number of imide groups is 1. The second kappa shape index (κ2) is 7.77. The first-order valence-corrected chi connectivity index (χ1v) is 7.47. The summed E-state index contributed by atoms with van der Waals surface area (Å²) >= 11 is 0. The SMILES string of the molecule is Nc1c(C(=O)O)cccc1C(=O)NC(=O)NCc1ccccc1C(F)(F)F. The Kier molecular flexibility index (Phi) is 5.69. The van der Waals surface area contributed by atoms with Crippen LogP contribution in [0.2, 0.25) is 0 Å². The van der Waals surface area contributed by atoms with Crippen LogP contribution in [0, 0.1) is 0 Å². The zero-order chi connectivity index (χ0) is 20.2. The average Bonchev–Trinajstić information content (AvgIpc) is 2.59. The van der Waals surface area contributed by atoms with E-state index in [2.05, 4.69) is 5.32 Å². The number of amides is 3. The molecule has 0 aromatic heterocycles. The van der Waals surface area contributed by atoms with Crippen LogP contribution in [0.15, 0.2) is 42.5 Å². The minimum absolute atomic E-state index is 0.181. The van der Waals surface area contributed by atoms with Gasteiger partial charge in [-0.15, -0.1) is 0 Å². The van der Waals surface area contributed by atoms with Crippen molar-refractivity contribution in [2.45, 2.75) is 12.7 Å². The highest BCUT2D eigenvalue weighted by Gasteiger charge is 2.32. The van der Waals surface area contributed by atoms with Crippen LogP contribution in [-0.2, 0) is 12.7 Å². The molecule has 2 rings (SSSR count). The molecule has 0 bridgehead atoms. The molecule has 0 aliphatic rings. The van der Waals surface area contributed by atoms with E-state index in [1.54, 1.807) is 0 Å². The second-order valence-corrected chi connectivity index (χ2v) is 5.36. The van der Waals surface area contributed by atoms with Gasteiger partial charge in [-0.3, -0.25) is 10.1 Å². The minimum atomic E-state index is -4.59. The fourth-order valence-electron chi connectivity index (χ4n) is 2.29. The first kappa shape index (κ1) is 19.8. The summed E-state index contributed by atoms with van der Waals surface area (Å²) < 4.78 is 38.7. The number of aromatic carboxylic acids is 1. The minimum Gasteiger partial charge on any atom is -0.478 e. The van der Waals surface area contributed by atoms with Gasteiger partial charge in [0.1, 0.15) is 0 Å². The Hall–Kier alpha value is -3.56. The topological polar surface area (TPSA) is 122 Å². The molecule has 0 fully saturated rings. The molecule has 27 heavy (non-hydrogen) atoms. The van der Waals surface area contributed by atoms with Crippen molar-refractivity contribution in [1.82, 2.24) is 10.6 Å². The van der Waals surface area contributed by atoms with Gasteiger partial charge in [0.15, 0.2) is 0 Å². The van der Waals surface area contributed by atoms with Gasteiger partial charge in [0, 0.05) is 6.54 Å². The highest BCUT2D eigenvalue weighted by atomic mass is 19.4. The van der Waals surface area contributed by atoms with Crippen LogP contribution in [0.4, 0.5) is 23.7 Å². The maximum absolute atomic E-state index is 12.9. The maximum atomic E-state index is 12.9. The third-order valence-corrected chi connectivity index (χ3v) is 3.57. The summed E-state index contributed by atoms with van der Waals surface area (Å²) in [6.07, 6.45) is -4.59. The van der Waals surface area contributed by atoms with Gasteiger partial charge in [0.05, 0.1) is 22.4 Å². The summed E-state index contributed by atoms with van der Waals surface area (Å²) in [5, 5.41) is 13.0. The number of nitrogens with one attached hydrogen (secondary N) is 2. The molecule has 0 radical (unpaired) electrons. The standard InChI is InChI=1S/C17H14F3N3O4/c18-17(19,20)12-7-2-1-4-9(12)8-22-16(27)23-14(24)10-5-3-6-11(13(10)21)15(25)26/h1-7H,8,21H2,(H,25,26)(H2,22,23,24,27). The number of para-hydroxylation sites is 1. The predicted molar refractivity (Wildman–Crippen MR) is 89.0 cm³/mol. The molecule has 5 N–H and O–H groups in total. The van der Waals surface area contributed by atoms with Crippen molar-refractivity contribution in [1.29, 1.82) is 0 Å². The maximum Gasteiger partial charge on any atom is 0.416 e. The summed E-state index contributed by atoms with van der Waals surface area (Å²) in [5.74, 6) is -2.34. The molecular weight excluding hydrogens is 367 g/mol. The smallest absolute Gasteiger partial charge is 0.416 e. The molecule has 2 aromatic carbocycles. The molecule has 0 unspecified atom stereocenters. The van der Waals surface area contributed by atoms with Crippen molar-refractivity contribution in [2.24, 2.45) is 0 Å². The van der Waals surface area contributed by atoms with E-state index in [1.165, 1.54) is 36.4 Å². The number of carbonyl (C=O) groups is 3. The molecule has 7 nitrogen and oxygen atoms in total. The van der Waals surface area contributed by atoms with Gasteiger partial charge in [-0.05, 0) is 23.8 Å². The summed E-state index contributed by atoms with van der Waals surface area (Å²) in [6, 6.07) is 7.27. The van der Waals surface area contributed by atoms with Gasteiger partial charge < -0.3 is 16.2 Å². The number of carbonyl (C=O) groups excluding carboxylic acids is 2. The number of carboxylic acids is 1. The first-order chi connectivity index (χ1) is 12.6. The van der Waals surface area contributed by atoms with Crippen LogP contribution < -0.4 is 16.4 Å². The number of hydrogen-bond acceptors (Lipinski definition) is 4. The molecule has 3 amide bonds. The molecule has 142 valence electrons. The lowest BCUT2D eigenvalue weighted by atomic mass is 10.1. The zero-order valence-electron chi connectivity index (χ0n) is 13.6. The number of urea groups is 1. The quantitative estimate of drug-likeness (QED) is 0.607. The highest BCUT2D eigenvalue weighted by molar-refractivity contribution is 6.10. The monoisotopic (exact) mass is 381 g/mol. The lowest BCUT2D eigenvalue weighted by Gasteiger charge is -2.13. The number of alkyl halides is 3. The Bertz CT molecular complexity index is 897. The van der Waals surface area contributed by atoms with Gasteiger partial charge >= 0.3 is 18.2 Å². The fourth-order valence-corrected chi connectivity index (χ4v) is 2.29. The Labute approximate surface area is 151 Å². The molecule has 0 aliphatic carbocycles. The Morgan fingerprint density at radius 1 is 1.00 bits per heavy atom. The van der Waals surface area contributed by atoms with Crippen molar-refractivity contribution in [2.75, 3.05) is 5.73 Å². The van der Waals surface area contributed by atoms with Crippen molar-refractivity contribution < 1.29 is 32.7 Å². The van der Waals surface area contributed by atoms with Gasteiger partial charge in [-0.25, -0.2) is 9.59 Å². The zero-order valence-corrected chi connectivity index (χ0v) is 13.6. The van der Waals surface area contributed by atoms with E-state index in [0.29, 0.717) is 0 Å². The molecule has 10 heteroatoms. The van der Waals surface area contributed by atoms with Crippen LogP contribution in [-0.4, -0.2) is 23.0 Å². The van der Waals surface area contributed by atoms with Gasteiger partial charge in [0.2, 0.25) is 0 Å². The van der Waals surface area contributed by atoms with E-state index < -0.39 is 36.2 Å². The highest BCUT2D eigenvalue weighted by Crippen LogP contribution is 2.31. The number of nitrogen functional groups attached to an aromatic ring is 1. The van der Waals surface area contributed by atoms with Crippen molar-refractivity contribution in [3.05, 3.63) is 64.7 Å². The van der Waals surface area contributed by atoms with Crippen LogP contribution >= 0.6 is 0 Å². The molecule has 0 heterocycles. The Morgan fingerprint density at radius 2 is 1.63 bits per heavy atom. The number of hydrogen-bond donors (Lipinski definition) is 4. The average molecular weight is 381 g/mol. The number of anilines is 1. The Morgan fingerprint density at radius 3 is 2.26 bits per heavy atom. The third-order valence-electron chi connectivity index (χ3n) is 3.57. The normalized spacial score (nSPS) is 10.9. The van der Waals surface area contributed by atoms with E-state index in [9.17, 15) is 27.6 Å². The molecule has 0 saturated carbocycles. The van der Waals surface area contributed by atoms with E-state index in [-0.39, 0.29) is 22.4 Å². The van der Waals surface area contributed by atoms with Crippen LogP contribution in [0.25, 0.3) is 0 Å². The number of halogens is 3. The molecular formula is C17H14F3N3O4. The number of nitrogens with two attached hydrogens (primary N) is 1.